The van der Waals surface area contributed by atoms with Gasteiger partial charge in [-0.15, -0.1) is 0 Å². The Labute approximate surface area is 124 Å². The summed E-state index contributed by atoms with van der Waals surface area (Å²) in [6, 6.07) is 5.13. The molecule has 1 saturated heterocycles. The number of nitrogens with zero attached hydrogens (tertiary/aromatic N) is 1. The summed E-state index contributed by atoms with van der Waals surface area (Å²) in [5.41, 5.74) is 1.13. The summed E-state index contributed by atoms with van der Waals surface area (Å²) < 4.78 is 14.1. The Balaban J connectivity index is 2.03. The van der Waals surface area contributed by atoms with E-state index in [1.807, 2.05) is 6.07 Å². The van der Waals surface area contributed by atoms with Crippen molar-refractivity contribution in [1.29, 1.82) is 0 Å². The van der Waals surface area contributed by atoms with E-state index in [1.54, 1.807) is 6.07 Å². The fraction of sp³-hybridized carbons (Fsp3) is 0.588. The minimum atomic E-state index is -0.795. The van der Waals surface area contributed by atoms with Gasteiger partial charge in [0.15, 0.2) is 0 Å². The van der Waals surface area contributed by atoms with Gasteiger partial charge >= 0.3 is 5.97 Å². The molecule has 3 nitrogen and oxygen atoms in total. The predicted octanol–water partition coefficient (Wildman–Crippen LogP) is 3.32. The number of rotatable bonds is 3. The van der Waals surface area contributed by atoms with Crippen LogP contribution in [0.15, 0.2) is 18.2 Å². The molecule has 4 heteroatoms. The molecule has 1 aliphatic carbocycles. The lowest BCUT2D eigenvalue weighted by Gasteiger charge is -2.41. The van der Waals surface area contributed by atoms with Gasteiger partial charge in [0, 0.05) is 0 Å². The van der Waals surface area contributed by atoms with E-state index >= 15 is 0 Å². The molecule has 114 valence electrons. The number of likely N-dealkylation sites (tertiary alicyclic amines) is 1. The molecule has 1 aliphatic heterocycles. The van der Waals surface area contributed by atoms with Crippen LogP contribution in [0.5, 0.6) is 0 Å². The maximum Gasteiger partial charge on any atom is 0.305 e. The molecular weight excluding hydrogens is 269 g/mol. The average Bonchev–Trinajstić information content (AvgIpc) is 2.64. The third kappa shape index (κ3) is 2.57. The van der Waals surface area contributed by atoms with Gasteiger partial charge in [-0.2, -0.15) is 0 Å². The molecule has 1 aromatic carbocycles. The van der Waals surface area contributed by atoms with Crippen molar-refractivity contribution in [2.75, 3.05) is 13.1 Å². The van der Waals surface area contributed by atoms with E-state index in [2.05, 4.69) is 4.90 Å². The number of benzene rings is 1. The Morgan fingerprint density at radius 1 is 1.24 bits per heavy atom. The van der Waals surface area contributed by atoms with Gasteiger partial charge in [0.25, 0.3) is 0 Å². The van der Waals surface area contributed by atoms with Gasteiger partial charge in [-0.3, -0.25) is 9.69 Å². The molecule has 21 heavy (non-hydrogen) atoms. The fourth-order valence-electron chi connectivity index (χ4n) is 4.09. The quantitative estimate of drug-likeness (QED) is 0.928. The minimum absolute atomic E-state index is 0.0729. The largest absolute Gasteiger partial charge is 0.481 e. The highest BCUT2D eigenvalue weighted by molar-refractivity contribution is 5.69. The van der Waals surface area contributed by atoms with Crippen LogP contribution in [0.25, 0.3) is 0 Å². The van der Waals surface area contributed by atoms with Gasteiger partial charge in [0.1, 0.15) is 5.82 Å². The highest BCUT2D eigenvalue weighted by Crippen LogP contribution is 2.45. The predicted molar refractivity (Wildman–Crippen MR) is 78.7 cm³/mol. The van der Waals surface area contributed by atoms with Crippen molar-refractivity contribution in [3.05, 3.63) is 35.1 Å². The Morgan fingerprint density at radius 3 is 2.62 bits per heavy atom. The van der Waals surface area contributed by atoms with Gasteiger partial charge in [-0.1, -0.05) is 25.0 Å². The van der Waals surface area contributed by atoms with Crippen LogP contribution in [0, 0.1) is 5.82 Å². The van der Waals surface area contributed by atoms with Gasteiger partial charge in [-0.05, 0) is 56.0 Å². The number of carbonyl (C=O) groups is 1. The summed E-state index contributed by atoms with van der Waals surface area (Å²) in [5, 5.41) is 9.41. The van der Waals surface area contributed by atoms with Crippen LogP contribution in [0.3, 0.4) is 0 Å². The normalized spacial score (nSPS) is 26.3. The molecular formula is C17H22FNO2. The van der Waals surface area contributed by atoms with E-state index in [1.165, 1.54) is 18.9 Å². The van der Waals surface area contributed by atoms with E-state index in [-0.39, 0.29) is 12.2 Å². The molecule has 1 aromatic rings. The zero-order chi connectivity index (χ0) is 14.9. The lowest BCUT2D eigenvalue weighted by Crippen LogP contribution is -2.46. The third-order valence-electron chi connectivity index (χ3n) is 5.06. The molecule has 0 amide bonds. The standard InChI is InChI=1S/C17H22FNO2/c18-15-7-5-6-14-13(15)8-9-17(14,12-16(20)21)19-10-3-1-2-4-11-19/h5-7H,1-4,8-12H2,(H,20,21). The van der Waals surface area contributed by atoms with Crippen molar-refractivity contribution in [3.8, 4) is 0 Å². The monoisotopic (exact) mass is 291 g/mol. The molecule has 1 N–H and O–H groups in total. The molecule has 2 aliphatic rings. The van der Waals surface area contributed by atoms with E-state index in [9.17, 15) is 14.3 Å². The second-order valence-corrected chi connectivity index (χ2v) is 6.27. The molecule has 1 fully saturated rings. The van der Waals surface area contributed by atoms with E-state index in [4.69, 9.17) is 0 Å². The molecule has 0 saturated carbocycles. The first-order valence-corrected chi connectivity index (χ1v) is 7.88. The Kier molecular flexibility index (Phi) is 3.98. The lowest BCUT2D eigenvalue weighted by atomic mass is 9.85. The zero-order valence-corrected chi connectivity index (χ0v) is 12.3. The number of hydrogen-bond donors (Lipinski definition) is 1. The number of carboxylic acids is 1. The maximum atomic E-state index is 14.1. The third-order valence-corrected chi connectivity index (χ3v) is 5.06. The summed E-state index contributed by atoms with van der Waals surface area (Å²) in [6.45, 7) is 1.84. The average molecular weight is 291 g/mol. The van der Waals surface area contributed by atoms with Crippen molar-refractivity contribution in [3.63, 3.8) is 0 Å². The number of halogens is 1. The van der Waals surface area contributed by atoms with E-state index < -0.39 is 11.5 Å². The summed E-state index contributed by atoms with van der Waals surface area (Å²) in [6.07, 6.45) is 6.05. The molecule has 0 spiro atoms. The molecule has 0 bridgehead atoms. The lowest BCUT2D eigenvalue weighted by molar-refractivity contribution is -0.140. The molecule has 0 radical (unpaired) electrons. The van der Waals surface area contributed by atoms with E-state index in [0.717, 1.165) is 43.5 Å². The van der Waals surface area contributed by atoms with Gasteiger partial charge in [0.05, 0.1) is 12.0 Å². The van der Waals surface area contributed by atoms with Crippen LogP contribution in [0.2, 0.25) is 0 Å². The zero-order valence-electron chi connectivity index (χ0n) is 12.3. The first-order valence-electron chi connectivity index (χ1n) is 7.88. The smallest absolute Gasteiger partial charge is 0.305 e. The van der Waals surface area contributed by atoms with Crippen molar-refractivity contribution >= 4 is 5.97 Å². The molecule has 1 atom stereocenters. The summed E-state index contributed by atoms with van der Waals surface area (Å²) >= 11 is 0. The maximum absolute atomic E-state index is 14.1. The number of carboxylic acid groups (broad SMARTS) is 1. The van der Waals surface area contributed by atoms with Crippen LogP contribution >= 0.6 is 0 Å². The highest BCUT2D eigenvalue weighted by Gasteiger charge is 2.45. The second kappa shape index (κ2) is 5.76. The molecule has 1 heterocycles. The molecule has 1 unspecified atom stereocenters. The number of hydrogen-bond acceptors (Lipinski definition) is 2. The van der Waals surface area contributed by atoms with Crippen LogP contribution in [0.1, 0.15) is 49.7 Å². The van der Waals surface area contributed by atoms with Crippen molar-refractivity contribution in [1.82, 2.24) is 4.90 Å². The Morgan fingerprint density at radius 2 is 1.95 bits per heavy atom. The molecule has 3 rings (SSSR count). The van der Waals surface area contributed by atoms with Crippen molar-refractivity contribution < 1.29 is 14.3 Å². The second-order valence-electron chi connectivity index (χ2n) is 6.27. The van der Waals surface area contributed by atoms with E-state index in [0.29, 0.717) is 6.42 Å². The van der Waals surface area contributed by atoms with Crippen LogP contribution in [-0.2, 0) is 16.8 Å². The van der Waals surface area contributed by atoms with Crippen LogP contribution in [-0.4, -0.2) is 29.1 Å². The highest BCUT2D eigenvalue weighted by atomic mass is 19.1. The SMILES string of the molecule is O=C(O)CC1(N2CCCCCC2)CCc2c(F)cccc21. The number of aliphatic carboxylic acids is 1. The topological polar surface area (TPSA) is 40.5 Å². The summed E-state index contributed by atoms with van der Waals surface area (Å²) in [7, 11) is 0. The minimum Gasteiger partial charge on any atom is -0.481 e. The number of fused-ring (bicyclic) bond motifs is 1. The van der Waals surface area contributed by atoms with Gasteiger partial charge in [0.2, 0.25) is 0 Å². The van der Waals surface area contributed by atoms with Crippen molar-refractivity contribution in [2.45, 2.75) is 50.5 Å². The summed E-state index contributed by atoms with van der Waals surface area (Å²) in [5.74, 6) is -0.981. The van der Waals surface area contributed by atoms with Gasteiger partial charge in [-0.25, -0.2) is 4.39 Å². The van der Waals surface area contributed by atoms with Crippen molar-refractivity contribution in [2.24, 2.45) is 0 Å². The fourth-order valence-corrected chi connectivity index (χ4v) is 4.09. The molecule has 0 aromatic heterocycles. The first kappa shape index (κ1) is 14.5. The first-order chi connectivity index (χ1) is 10.1. The van der Waals surface area contributed by atoms with Gasteiger partial charge < -0.3 is 5.11 Å². The summed E-state index contributed by atoms with van der Waals surface area (Å²) in [4.78, 5) is 13.8. The van der Waals surface area contributed by atoms with Crippen LogP contribution in [0.4, 0.5) is 4.39 Å². The van der Waals surface area contributed by atoms with Crippen LogP contribution < -0.4 is 0 Å². The Bertz CT molecular complexity index is 538. The Hall–Kier alpha value is -1.42.